The molecule has 3 heteroatoms. The molecule has 0 unspecified atom stereocenters. The maximum absolute atomic E-state index is 10.6. The average Bonchev–Trinajstić information content (AvgIpc) is 2.40. The second kappa shape index (κ2) is 5.74. The molecule has 2 aromatic rings. The van der Waals surface area contributed by atoms with Gasteiger partial charge in [0.2, 0.25) is 0 Å². The van der Waals surface area contributed by atoms with Crippen LogP contribution in [0.25, 0.3) is 11.1 Å². The predicted octanol–water partition coefficient (Wildman–Crippen LogP) is 3.98. The molecule has 0 atom stereocenters. The van der Waals surface area contributed by atoms with E-state index in [2.05, 4.69) is 19.1 Å². The zero-order valence-electron chi connectivity index (χ0n) is 10.1. The lowest BCUT2D eigenvalue weighted by Gasteiger charge is -2.05. The van der Waals surface area contributed by atoms with Crippen LogP contribution < -0.4 is 0 Å². The van der Waals surface area contributed by atoms with Crippen molar-refractivity contribution in [3.63, 3.8) is 0 Å². The van der Waals surface area contributed by atoms with Crippen molar-refractivity contribution in [3.05, 3.63) is 48.0 Å². The van der Waals surface area contributed by atoms with Gasteiger partial charge in [-0.25, -0.2) is 0 Å². The molecule has 0 spiro atoms. The standard InChI is InChI=1S/C15H14O2S/c1-2-18-14-7-5-11(6-8-14)12-3-4-13(10-16)15(17)9-12/h3-10,17H,2H2,1H3. The number of phenolic OH excluding ortho intramolecular Hbond substituents is 1. The summed E-state index contributed by atoms with van der Waals surface area (Å²) >= 11 is 1.79. The van der Waals surface area contributed by atoms with Gasteiger partial charge in [0.15, 0.2) is 6.29 Å². The molecule has 0 heterocycles. The van der Waals surface area contributed by atoms with Crippen LogP contribution in [0.3, 0.4) is 0 Å². The molecule has 0 aliphatic rings. The average molecular weight is 258 g/mol. The van der Waals surface area contributed by atoms with Crippen LogP contribution >= 0.6 is 11.8 Å². The van der Waals surface area contributed by atoms with Crippen molar-refractivity contribution in [2.24, 2.45) is 0 Å². The van der Waals surface area contributed by atoms with E-state index in [-0.39, 0.29) is 5.75 Å². The SMILES string of the molecule is CCSc1ccc(-c2ccc(C=O)c(O)c2)cc1. The molecule has 0 fully saturated rings. The number of phenols is 1. The van der Waals surface area contributed by atoms with E-state index in [0.717, 1.165) is 16.9 Å². The molecule has 1 N–H and O–H groups in total. The summed E-state index contributed by atoms with van der Waals surface area (Å²) in [4.78, 5) is 11.9. The minimum absolute atomic E-state index is 0.0227. The summed E-state index contributed by atoms with van der Waals surface area (Å²) in [6.45, 7) is 2.12. The van der Waals surface area contributed by atoms with E-state index in [4.69, 9.17) is 0 Å². The predicted molar refractivity (Wildman–Crippen MR) is 75.3 cm³/mol. The monoisotopic (exact) mass is 258 g/mol. The van der Waals surface area contributed by atoms with E-state index in [9.17, 15) is 9.90 Å². The van der Waals surface area contributed by atoms with Crippen LogP contribution in [0, 0.1) is 0 Å². The van der Waals surface area contributed by atoms with Crippen molar-refractivity contribution >= 4 is 18.0 Å². The highest BCUT2D eigenvalue weighted by atomic mass is 32.2. The van der Waals surface area contributed by atoms with Gasteiger partial charge in [0.05, 0.1) is 5.56 Å². The fraction of sp³-hybridized carbons (Fsp3) is 0.133. The lowest BCUT2D eigenvalue weighted by Crippen LogP contribution is -1.83. The zero-order chi connectivity index (χ0) is 13.0. The molecule has 0 aliphatic heterocycles. The molecule has 0 aromatic heterocycles. The van der Waals surface area contributed by atoms with Crippen molar-refractivity contribution in [1.29, 1.82) is 0 Å². The van der Waals surface area contributed by atoms with Crippen molar-refractivity contribution in [1.82, 2.24) is 0 Å². The molecule has 2 nitrogen and oxygen atoms in total. The summed E-state index contributed by atoms with van der Waals surface area (Å²) in [6, 6.07) is 13.3. The minimum atomic E-state index is 0.0227. The molecular weight excluding hydrogens is 244 g/mol. The highest BCUT2D eigenvalue weighted by Gasteiger charge is 2.03. The first-order chi connectivity index (χ1) is 8.74. The maximum atomic E-state index is 10.6. The summed E-state index contributed by atoms with van der Waals surface area (Å²) < 4.78 is 0. The Labute approximate surface area is 111 Å². The molecular formula is C15H14O2S. The summed E-state index contributed by atoms with van der Waals surface area (Å²) in [5, 5.41) is 9.66. The number of carbonyl (C=O) groups excluding carboxylic acids is 1. The quantitative estimate of drug-likeness (QED) is 0.665. The number of aromatic hydroxyl groups is 1. The molecule has 0 radical (unpaired) electrons. The molecule has 92 valence electrons. The van der Waals surface area contributed by atoms with Crippen molar-refractivity contribution in [2.45, 2.75) is 11.8 Å². The van der Waals surface area contributed by atoms with Gasteiger partial charge in [0.25, 0.3) is 0 Å². The number of thioether (sulfide) groups is 1. The smallest absolute Gasteiger partial charge is 0.153 e. The number of aldehydes is 1. The highest BCUT2D eigenvalue weighted by Crippen LogP contribution is 2.27. The highest BCUT2D eigenvalue weighted by molar-refractivity contribution is 7.99. The Kier molecular flexibility index (Phi) is 4.05. The Morgan fingerprint density at radius 3 is 2.33 bits per heavy atom. The second-order valence-corrected chi connectivity index (χ2v) is 5.19. The fourth-order valence-corrected chi connectivity index (χ4v) is 2.40. The van der Waals surface area contributed by atoms with Gasteiger partial charge in [0.1, 0.15) is 5.75 Å². The Balaban J connectivity index is 2.30. The van der Waals surface area contributed by atoms with E-state index in [1.54, 1.807) is 23.9 Å². The van der Waals surface area contributed by atoms with Crippen molar-refractivity contribution < 1.29 is 9.90 Å². The van der Waals surface area contributed by atoms with Gasteiger partial charge in [-0.05, 0) is 41.1 Å². The summed E-state index contributed by atoms with van der Waals surface area (Å²) in [5.41, 5.74) is 2.26. The van der Waals surface area contributed by atoms with E-state index < -0.39 is 0 Å². The first-order valence-corrected chi connectivity index (χ1v) is 6.74. The number of carbonyl (C=O) groups is 1. The van der Waals surface area contributed by atoms with Crippen molar-refractivity contribution in [3.8, 4) is 16.9 Å². The van der Waals surface area contributed by atoms with Gasteiger partial charge in [-0.1, -0.05) is 25.1 Å². The van der Waals surface area contributed by atoms with E-state index >= 15 is 0 Å². The Morgan fingerprint density at radius 2 is 1.78 bits per heavy atom. The molecule has 0 saturated heterocycles. The Morgan fingerprint density at radius 1 is 1.11 bits per heavy atom. The van der Waals surface area contributed by atoms with E-state index in [1.165, 1.54) is 4.90 Å². The number of benzene rings is 2. The second-order valence-electron chi connectivity index (χ2n) is 3.85. The fourth-order valence-electron chi connectivity index (χ4n) is 1.73. The molecule has 2 rings (SSSR count). The molecule has 0 saturated carbocycles. The van der Waals surface area contributed by atoms with Crippen LogP contribution in [0.5, 0.6) is 5.75 Å². The Bertz CT molecular complexity index is 547. The molecule has 0 amide bonds. The first kappa shape index (κ1) is 12.7. The topological polar surface area (TPSA) is 37.3 Å². The van der Waals surface area contributed by atoms with Gasteiger partial charge < -0.3 is 5.11 Å². The summed E-state index contributed by atoms with van der Waals surface area (Å²) in [7, 11) is 0. The van der Waals surface area contributed by atoms with Crippen LogP contribution in [0.2, 0.25) is 0 Å². The van der Waals surface area contributed by atoms with E-state index in [1.807, 2.05) is 18.2 Å². The summed E-state index contributed by atoms with van der Waals surface area (Å²) in [5.74, 6) is 1.07. The molecule has 2 aromatic carbocycles. The zero-order valence-corrected chi connectivity index (χ0v) is 10.9. The van der Waals surface area contributed by atoms with Gasteiger partial charge in [-0.2, -0.15) is 0 Å². The van der Waals surface area contributed by atoms with E-state index in [0.29, 0.717) is 11.8 Å². The van der Waals surface area contributed by atoms with Crippen LogP contribution in [-0.4, -0.2) is 17.1 Å². The van der Waals surface area contributed by atoms with Crippen LogP contribution in [0.15, 0.2) is 47.4 Å². The molecule has 0 aliphatic carbocycles. The normalized spacial score (nSPS) is 10.3. The third kappa shape index (κ3) is 2.74. The van der Waals surface area contributed by atoms with Gasteiger partial charge in [-0.3, -0.25) is 4.79 Å². The lowest BCUT2D eigenvalue weighted by atomic mass is 10.0. The molecule has 0 bridgehead atoms. The number of hydrogen-bond donors (Lipinski definition) is 1. The van der Waals surface area contributed by atoms with Crippen LogP contribution in [-0.2, 0) is 0 Å². The minimum Gasteiger partial charge on any atom is -0.507 e. The number of rotatable bonds is 4. The summed E-state index contributed by atoms with van der Waals surface area (Å²) in [6.07, 6.45) is 0.653. The lowest BCUT2D eigenvalue weighted by molar-refractivity contribution is 0.112. The Hall–Kier alpha value is -1.74. The largest absolute Gasteiger partial charge is 0.507 e. The van der Waals surface area contributed by atoms with Crippen LogP contribution in [0.4, 0.5) is 0 Å². The maximum Gasteiger partial charge on any atom is 0.153 e. The third-order valence-corrected chi connectivity index (χ3v) is 3.55. The van der Waals surface area contributed by atoms with Crippen LogP contribution in [0.1, 0.15) is 17.3 Å². The van der Waals surface area contributed by atoms with Gasteiger partial charge >= 0.3 is 0 Å². The molecule has 18 heavy (non-hydrogen) atoms. The van der Waals surface area contributed by atoms with Gasteiger partial charge in [0, 0.05) is 4.90 Å². The third-order valence-electron chi connectivity index (χ3n) is 2.66. The van der Waals surface area contributed by atoms with Gasteiger partial charge in [-0.15, -0.1) is 11.8 Å². The first-order valence-electron chi connectivity index (χ1n) is 5.76. The van der Waals surface area contributed by atoms with Crippen molar-refractivity contribution in [2.75, 3.05) is 5.75 Å². The number of hydrogen-bond acceptors (Lipinski definition) is 3.